The summed E-state index contributed by atoms with van der Waals surface area (Å²) in [4.78, 5) is 10.9. The van der Waals surface area contributed by atoms with Crippen LogP contribution in [0.3, 0.4) is 0 Å². The van der Waals surface area contributed by atoms with Crippen molar-refractivity contribution in [3.05, 3.63) is 11.9 Å². The SMILES string of the molecule is CCCCN(CCO)c1ncnc(NC)c1C(C)C. The quantitative estimate of drug-likeness (QED) is 0.755. The summed E-state index contributed by atoms with van der Waals surface area (Å²) in [5.41, 5.74) is 1.12. The number of anilines is 2. The third-order valence-corrected chi connectivity index (χ3v) is 3.13. The molecule has 0 aromatic carbocycles. The highest BCUT2D eigenvalue weighted by atomic mass is 16.3. The Balaban J connectivity index is 3.13. The molecular formula is C14H26N4O. The minimum absolute atomic E-state index is 0.139. The molecule has 1 heterocycles. The van der Waals surface area contributed by atoms with Gasteiger partial charge >= 0.3 is 0 Å². The van der Waals surface area contributed by atoms with Crippen molar-refractivity contribution in [2.75, 3.05) is 37.0 Å². The smallest absolute Gasteiger partial charge is 0.137 e. The standard InChI is InChI=1S/C14H26N4O/c1-5-6-7-18(8-9-19)14-12(11(2)3)13(15-4)16-10-17-14/h10-11,19H,5-9H2,1-4H3,(H,15,16,17). The third-order valence-electron chi connectivity index (χ3n) is 3.13. The van der Waals surface area contributed by atoms with E-state index in [0.717, 1.165) is 36.6 Å². The van der Waals surface area contributed by atoms with E-state index in [2.05, 4.69) is 41.0 Å². The summed E-state index contributed by atoms with van der Waals surface area (Å²) in [6, 6.07) is 0. The van der Waals surface area contributed by atoms with Crippen LogP contribution in [-0.2, 0) is 0 Å². The number of aliphatic hydroxyl groups is 1. The number of aromatic nitrogens is 2. The van der Waals surface area contributed by atoms with Gasteiger partial charge in [-0.05, 0) is 12.3 Å². The summed E-state index contributed by atoms with van der Waals surface area (Å²) in [5, 5.41) is 12.4. The number of aliphatic hydroxyl groups excluding tert-OH is 1. The van der Waals surface area contributed by atoms with Crippen molar-refractivity contribution in [1.82, 2.24) is 9.97 Å². The molecule has 19 heavy (non-hydrogen) atoms. The van der Waals surface area contributed by atoms with Gasteiger partial charge in [-0.1, -0.05) is 27.2 Å². The Labute approximate surface area is 116 Å². The van der Waals surface area contributed by atoms with Crippen LogP contribution in [0.1, 0.15) is 45.1 Å². The van der Waals surface area contributed by atoms with Crippen LogP contribution in [0, 0.1) is 0 Å². The van der Waals surface area contributed by atoms with E-state index >= 15 is 0 Å². The molecule has 5 nitrogen and oxygen atoms in total. The zero-order valence-electron chi connectivity index (χ0n) is 12.5. The highest BCUT2D eigenvalue weighted by molar-refractivity contribution is 5.60. The van der Waals surface area contributed by atoms with Crippen molar-refractivity contribution in [3.8, 4) is 0 Å². The highest BCUT2D eigenvalue weighted by Crippen LogP contribution is 2.30. The lowest BCUT2D eigenvalue weighted by molar-refractivity contribution is 0.301. The predicted octanol–water partition coefficient (Wildman–Crippen LogP) is 2.24. The van der Waals surface area contributed by atoms with Gasteiger partial charge < -0.3 is 15.3 Å². The topological polar surface area (TPSA) is 61.3 Å². The number of nitrogens with zero attached hydrogens (tertiary/aromatic N) is 3. The third kappa shape index (κ3) is 4.06. The van der Waals surface area contributed by atoms with Crippen molar-refractivity contribution in [3.63, 3.8) is 0 Å². The van der Waals surface area contributed by atoms with Crippen molar-refractivity contribution < 1.29 is 5.11 Å². The fourth-order valence-electron chi connectivity index (χ4n) is 2.16. The molecule has 0 radical (unpaired) electrons. The lowest BCUT2D eigenvalue weighted by atomic mass is 10.0. The zero-order chi connectivity index (χ0) is 14.3. The second-order valence-corrected chi connectivity index (χ2v) is 4.93. The van der Waals surface area contributed by atoms with E-state index in [1.54, 1.807) is 6.33 Å². The van der Waals surface area contributed by atoms with Gasteiger partial charge in [-0.2, -0.15) is 0 Å². The van der Waals surface area contributed by atoms with Crippen LogP contribution in [-0.4, -0.2) is 41.8 Å². The van der Waals surface area contributed by atoms with E-state index in [0.29, 0.717) is 12.5 Å². The Kier molecular flexibility index (Phi) is 6.56. The average Bonchev–Trinajstić information content (AvgIpc) is 2.42. The van der Waals surface area contributed by atoms with Crippen LogP contribution in [0.4, 0.5) is 11.6 Å². The molecule has 0 aliphatic heterocycles. The second-order valence-electron chi connectivity index (χ2n) is 4.93. The van der Waals surface area contributed by atoms with Crippen LogP contribution >= 0.6 is 0 Å². The lowest BCUT2D eigenvalue weighted by Gasteiger charge is -2.27. The Morgan fingerprint density at radius 2 is 2.05 bits per heavy atom. The van der Waals surface area contributed by atoms with Gasteiger partial charge in [-0.15, -0.1) is 0 Å². The molecule has 1 aromatic heterocycles. The maximum atomic E-state index is 9.25. The first-order chi connectivity index (χ1) is 9.15. The van der Waals surface area contributed by atoms with Crippen molar-refractivity contribution in [2.24, 2.45) is 0 Å². The molecule has 0 saturated carbocycles. The predicted molar refractivity (Wildman–Crippen MR) is 79.9 cm³/mol. The maximum Gasteiger partial charge on any atom is 0.137 e. The molecule has 0 saturated heterocycles. The van der Waals surface area contributed by atoms with E-state index in [4.69, 9.17) is 0 Å². The Hall–Kier alpha value is -1.36. The fourth-order valence-corrected chi connectivity index (χ4v) is 2.16. The lowest BCUT2D eigenvalue weighted by Crippen LogP contribution is -2.30. The fraction of sp³-hybridized carbons (Fsp3) is 0.714. The normalized spacial score (nSPS) is 10.8. The Morgan fingerprint density at radius 3 is 2.58 bits per heavy atom. The van der Waals surface area contributed by atoms with Gasteiger partial charge in [0.05, 0.1) is 6.61 Å². The molecule has 1 rings (SSSR count). The molecule has 5 heteroatoms. The number of unbranched alkanes of at least 4 members (excludes halogenated alkanes) is 1. The van der Waals surface area contributed by atoms with E-state index in [9.17, 15) is 5.11 Å². The molecule has 0 amide bonds. The molecule has 108 valence electrons. The van der Waals surface area contributed by atoms with Crippen LogP contribution in [0.5, 0.6) is 0 Å². The molecule has 0 atom stereocenters. The number of rotatable bonds is 8. The summed E-state index contributed by atoms with van der Waals surface area (Å²) < 4.78 is 0. The molecule has 2 N–H and O–H groups in total. The minimum atomic E-state index is 0.139. The van der Waals surface area contributed by atoms with E-state index < -0.39 is 0 Å². The maximum absolute atomic E-state index is 9.25. The monoisotopic (exact) mass is 266 g/mol. The molecule has 0 aliphatic rings. The van der Waals surface area contributed by atoms with Gasteiger partial charge in [0.2, 0.25) is 0 Å². The molecule has 0 bridgehead atoms. The molecule has 0 spiro atoms. The van der Waals surface area contributed by atoms with Gasteiger partial charge in [0.25, 0.3) is 0 Å². The van der Waals surface area contributed by atoms with Crippen molar-refractivity contribution in [1.29, 1.82) is 0 Å². The van der Waals surface area contributed by atoms with E-state index in [-0.39, 0.29) is 6.61 Å². The van der Waals surface area contributed by atoms with Gasteiger partial charge in [-0.25, -0.2) is 9.97 Å². The molecule has 1 aromatic rings. The first-order valence-electron chi connectivity index (χ1n) is 7.04. The summed E-state index contributed by atoms with van der Waals surface area (Å²) in [5.74, 6) is 2.15. The second kappa shape index (κ2) is 7.94. The van der Waals surface area contributed by atoms with Crippen LogP contribution < -0.4 is 10.2 Å². The van der Waals surface area contributed by atoms with Crippen molar-refractivity contribution in [2.45, 2.75) is 39.5 Å². The number of hydrogen-bond acceptors (Lipinski definition) is 5. The zero-order valence-corrected chi connectivity index (χ0v) is 12.5. The van der Waals surface area contributed by atoms with Gasteiger partial charge in [0.1, 0.15) is 18.0 Å². The van der Waals surface area contributed by atoms with Crippen LogP contribution in [0.2, 0.25) is 0 Å². The van der Waals surface area contributed by atoms with Gasteiger partial charge in [-0.3, -0.25) is 0 Å². The molecule has 0 aliphatic carbocycles. The van der Waals surface area contributed by atoms with Gasteiger partial charge in [0, 0.05) is 25.7 Å². The number of nitrogens with one attached hydrogen (secondary N) is 1. The number of hydrogen-bond donors (Lipinski definition) is 2. The molecule has 0 unspecified atom stereocenters. The summed E-state index contributed by atoms with van der Waals surface area (Å²) >= 11 is 0. The minimum Gasteiger partial charge on any atom is -0.395 e. The van der Waals surface area contributed by atoms with Crippen molar-refractivity contribution >= 4 is 11.6 Å². The summed E-state index contributed by atoms with van der Waals surface area (Å²) in [6.45, 7) is 8.11. The summed E-state index contributed by atoms with van der Waals surface area (Å²) in [7, 11) is 1.88. The Morgan fingerprint density at radius 1 is 1.32 bits per heavy atom. The van der Waals surface area contributed by atoms with Gasteiger partial charge in [0.15, 0.2) is 0 Å². The Bertz CT molecular complexity index is 382. The van der Waals surface area contributed by atoms with E-state index in [1.807, 2.05) is 7.05 Å². The van der Waals surface area contributed by atoms with E-state index in [1.165, 1.54) is 0 Å². The summed E-state index contributed by atoms with van der Waals surface area (Å²) in [6.07, 6.45) is 3.81. The average molecular weight is 266 g/mol. The molecule has 0 fully saturated rings. The first kappa shape index (κ1) is 15.7. The highest BCUT2D eigenvalue weighted by Gasteiger charge is 2.18. The first-order valence-corrected chi connectivity index (χ1v) is 7.04. The van der Waals surface area contributed by atoms with Crippen LogP contribution in [0.25, 0.3) is 0 Å². The molecular weight excluding hydrogens is 240 g/mol. The van der Waals surface area contributed by atoms with Crippen LogP contribution in [0.15, 0.2) is 6.33 Å². The largest absolute Gasteiger partial charge is 0.395 e.